The van der Waals surface area contributed by atoms with Crippen molar-refractivity contribution in [3.63, 3.8) is 0 Å². The molecular weight excluding hydrogens is 284 g/mol. The van der Waals surface area contributed by atoms with Gasteiger partial charge in [0, 0.05) is 18.7 Å². The van der Waals surface area contributed by atoms with E-state index in [1.54, 1.807) is 16.5 Å². The zero-order valence-electron chi connectivity index (χ0n) is 10.9. The molecule has 0 aliphatic carbocycles. The minimum atomic E-state index is -2.67. The largest absolute Gasteiger partial charge is 0.335 e. The van der Waals surface area contributed by atoms with Gasteiger partial charge in [-0.05, 0) is 19.4 Å². The summed E-state index contributed by atoms with van der Waals surface area (Å²) >= 11 is 1.36. The van der Waals surface area contributed by atoms with Crippen molar-refractivity contribution in [2.24, 2.45) is 0 Å². The van der Waals surface area contributed by atoms with Gasteiger partial charge in [-0.2, -0.15) is 0 Å². The lowest BCUT2D eigenvalue weighted by Gasteiger charge is -2.32. The van der Waals surface area contributed by atoms with Gasteiger partial charge in [0.1, 0.15) is 11.2 Å². The van der Waals surface area contributed by atoms with Gasteiger partial charge < -0.3 is 4.90 Å². The topological polar surface area (TPSA) is 54.8 Å². The van der Waals surface area contributed by atoms with Crippen molar-refractivity contribution < 1.29 is 8.78 Å². The first-order valence-electron chi connectivity index (χ1n) is 6.28. The van der Waals surface area contributed by atoms with Gasteiger partial charge in [-0.15, -0.1) is 10.2 Å². The molecule has 0 radical (unpaired) electrons. The molecule has 1 aliphatic rings. The van der Waals surface area contributed by atoms with Gasteiger partial charge in [0.2, 0.25) is 5.95 Å². The molecule has 3 rings (SSSR count). The number of halogens is 2. The van der Waals surface area contributed by atoms with Crippen molar-refractivity contribution in [2.75, 3.05) is 18.0 Å². The summed E-state index contributed by atoms with van der Waals surface area (Å²) in [6.45, 7) is 2.04. The highest BCUT2D eigenvalue weighted by molar-refractivity contribution is 7.12. The first-order chi connectivity index (χ1) is 9.53. The fraction of sp³-hybridized carbons (Fsp3) is 0.500. The Labute approximate surface area is 118 Å². The maximum absolute atomic E-state index is 13.5. The van der Waals surface area contributed by atoms with Crippen molar-refractivity contribution in [1.29, 1.82) is 0 Å². The van der Waals surface area contributed by atoms with E-state index in [4.69, 9.17) is 0 Å². The van der Waals surface area contributed by atoms with E-state index in [9.17, 15) is 8.78 Å². The monoisotopic (exact) mass is 297 g/mol. The zero-order chi connectivity index (χ0) is 14.2. The van der Waals surface area contributed by atoms with Crippen LogP contribution in [0, 0.1) is 6.92 Å². The third kappa shape index (κ3) is 2.74. The molecule has 0 saturated carbocycles. The molecule has 20 heavy (non-hydrogen) atoms. The fourth-order valence-electron chi connectivity index (χ4n) is 2.23. The number of hydrogen-bond donors (Lipinski definition) is 0. The Bertz CT molecular complexity index is 602. The zero-order valence-corrected chi connectivity index (χ0v) is 11.7. The number of nitrogens with zero attached hydrogens (tertiary/aromatic N) is 5. The van der Waals surface area contributed by atoms with E-state index in [0.29, 0.717) is 29.6 Å². The Morgan fingerprint density at radius 2 is 2.20 bits per heavy atom. The number of anilines is 1. The number of piperidine rings is 1. The van der Waals surface area contributed by atoms with Crippen LogP contribution in [0.3, 0.4) is 0 Å². The molecule has 2 aromatic heterocycles. The first-order valence-corrected chi connectivity index (χ1v) is 7.16. The Morgan fingerprint density at radius 3 is 2.90 bits per heavy atom. The van der Waals surface area contributed by atoms with E-state index in [-0.39, 0.29) is 13.0 Å². The van der Waals surface area contributed by atoms with Gasteiger partial charge in [-0.3, -0.25) is 0 Å². The minimum Gasteiger partial charge on any atom is -0.335 e. The molecule has 1 aliphatic heterocycles. The third-order valence-corrected chi connectivity index (χ3v) is 3.81. The molecule has 0 unspecified atom stereocenters. The van der Waals surface area contributed by atoms with E-state index < -0.39 is 5.92 Å². The van der Waals surface area contributed by atoms with Gasteiger partial charge >= 0.3 is 0 Å². The number of aromatic nitrogens is 4. The van der Waals surface area contributed by atoms with E-state index >= 15 is 0 Å². The number of rotatable bonds is 2. The molecule has 2 aromatic rings. The quantitative estimate of drug-likeness (QED) is 0.852. The number of alkyl halides is 2. The normalized spacial score (nSPS) is 18.2. The molecule has 0 spiro atoms. The molecule has 5 nitrogen and oxygen atoms in total. The second-order valence-corrected chi connectivity index (χ2v) is 5.65. The second-order valence-electron chi connectivity index (χ2n) is 4.82. The molecule has 3 heterocycles. The predicted molar refractivity (Wildman–Crippen MR) is 72.1 cm³/mol. The average molecular weight is 297 g/mol. The van der Waals surface area contributed by atoms with Crippen molar-refractivity contribution in [1.82, 2.24) is 20.2 Å². The molecular formula is C12H13F2N5S. The van der Waals surface area contributed by atoms with Crippen LogP contribution in [0.15, 0.2) is 11.6 Å². The van der Waals surface area contributed by atoms with Crippen LogP contribution in [-0.2, 0) is 0 Å². The van der Waals surface area contributed by atoms with E-state index in [1.165, 1.54) is 11.3 Å². The fourth-order valence-corrected chi connectivity index (χ4v) is 2.74. The Hall–Kier alpha value is -1.70. The smallest absolute Gasteiger partial charge is 0.265 e. The summed E-state index contributed by atoms with van der Waals surface area (Å²) in [5, 5.41) is 8.39. The van der Waals surface area contributed by atoms with Crippen LogP contribution in [0.25, 0.3) is 10.7 Å². The van der Waals surface area contributed by atoms with Crippen LogP contribution in [0.1, 0.15) is 18.5 Å². The molecule has 0 atom stereocenters. The standard InChI is InChI=1S/C12H13F2N5S/c1-8-5-9(10-18-15-7-20-10)17-11(16-8)19-4-2-3-12(13,14)6-19/h5,7H,2-4,6H2,1H3. The average Bonchev–Trinajstić information content (AvgIpc) is 2.90. The summed E-state index contributed by atoms with van der Waals surface area (Å²) in [4.78, 5) is 10.2. The maximum Gasteiger partial charge on any atom is 0.265 e. The predicted octanol–water partition coefficient (Wildman–Crippen LogP) is 2.54. The van der Waals surface area contributed by atoms with Crippen LogP contribution in [0.2, 0.25) is 0 Å². The van der Waals surface area contributed by atoms with E-state index in [0.717, 1.165) is 5.69 Å². The van der Waals surface area contributed by atoms with Crippen LogP contribution in [0.5, 0.6) is 0 Å². The van der Waals surface area contributed by atoms with Crippen LogP contribution in [0.4, 0.5) is 14.7 Å². The summed E-state index contributed by atoms with van der Waals surface area (Å²) in [6.07, 6.45) is 0.372. The van der Waals surface area contributed by atoms with Gasteiger partial charge in [-0.25, -0.2) is 18.7 Å². The molecule has 1 fully saturated rings. The third-order valence-electron chi connectivity index (χ3n) is 3.10. The van der Waals surface area contributed by atoms with Crippen LogP contribution < -0.4 is 4.90 Å². The molecule has 8 heteroatoms. The van der Waals surface area contributed by atoms with Crippen molar-refractivity contribution in [3.8, 4) is 10.7 Å². The highest BCUT2D eigenvalue weighted by atomic mass is 32.1. The summed E-state index contributed by atoms with van der Waals surface area (Å²) in [5.41, 5.74) is 2.97. The van der Waals surface area contributed by atoms with Gasteiger partial charge in [0.15, 0.2) is 5.01 Å². The van der Waals surface area contributed by atoms with E-state index in [2.05, 4.69) is 20.2 Å². The lowest BCUT2D eigenvalue weighted by molar-refractivity contribution is -0.0120. The summed E-state index contributed by atoms with van der Waals surface area (Å²) < 4.78 is 27.0. The highest BCUT2D eigenvalue weighted by Gasteiger charge is 2.36. The van der Waals surface area contributed by atoms with Crippen LogP contribution in [-0.4, -0.2) is 39.2 Å². The lowest BCUT2D eigenvalue weighted by Crippen LogP contribution is -2.43. The van der Waals surface area contributed by atoms with Gasteiger partial charge in [0.05, 0.1) is 6.54 Å². The Kier molecular flexibility index (Phi) is 3.33. The summed E-state index contributed by atoms with van der Waals surface area (Å²) in [5.74, 6) is -2.33. The molecule has 0 aromatic carbocycles. The number of aryl methyl sites for hydroxylation is 1. The summed E-state index contributed by atoms with van der Waals surface area (Å²) in [6, 6.07) is 1.78. The number of hydrogen-bond acceptors (Lipinski definition) is 6. The second kappa shape index (κ2) is 5.01. The molecule has 106 valence electrons. The Balaban J connectivity index is 1.94. The molecule has 0 amide bonds. The van der Waals surface area contributed by atoms with E-state index in [1.807, 2.05) is 6.92 Å². The molecule has 1 saturated heterocycles. The molecule has 0 bridgehead atoms. The SMILES string of the molecule is Cc1cc(-c2nncs2)nc(N2CCCC(F)(F)C2)n1. The Morgan fingerprint density at radius 1 is 1.35 bits per heavy atom. The summed E-state index contributed by atoms with van der Waals surface area (Å²) in [7, 11) is 0. The van der Waals surface area contributed by atoms with Crippen molar-refractivity contribution in [3.05, 3.63) is 17.3 Å². The van der Waals surface area contributed by atoms with Crippen LogP contribution >= 0.6 is 11.3 Å². The first kappa shape index (κ1) is 13.3. The van der Waals surface area contributed by atoms with Gasteiger partial charge in [-0.1, -0.05) is 11.3 Å². The highest BCUT2D eigenvalue weighted by Crippen LogP contribution is 2.29. The minimum absolute atomic E-state index is 0.0709. The lowest BCUT2D eigenvalue weighted by atomic mass is 10.1. The van der Waals surface area contributed by atoms with Crippen molar-refractivity contribution >= 4 is 17.3 Å². The van der Waals surface area contributed by atoms with Gasteiger partial charge in [0.25, 0.3) is 5.92 Å². The van der Waals surface area contributed by atoms with Crippen molar-refractivity contribution in [2.45, 2.75) is 25.7 Å². The maximum atomic E-state index is 13.5. The molecule has 0 N–H and O–H groups in total.